The summed E-state index contributed by atoms with van der Waals surface area (Å²) in [5, 5.41) is 7.70. The first-order valence-electron chi connectivity index (χ1n) is 5.89. The number of hydrogen-bond donors (Lipinski definition) is 2. The molecule has 0 fully saturated rings. The Morgan fingerprint density at radius 2 is 2.10 bits per heavy atom. The minimum absolute atomic E-state index is 0.0366. The van der Waals surface area contributed by atoms with E-state index in [1.54, 1.807) is 17.9 Å². The van der Waals surface area contributed by atoms with Crippen LogP contribution >= 0.6 is 23.2 Å². The standard InChI is InChI=1S/C11H13Cl2N5O2S/c1-18-6-15-17-9(18)4-5-16-21(19,20)8-3-2-7(12)11(14)10(8)13/h2-3,6,16H,4-5,14H2,1H3. The average Bonchev–Trinajstić information content (AvgIpc) is 2.81. The summed E-state index contributed by atoms with van der Waals surface area (Å²) in [6, 6.07) is 2.70. The molecule has 0 aliphatic rings. The maximum Gasteiger partial charge on any atom is 0.242 e. The molecular weight excluding hydrogens is 337 g/mol. The lowest BCUT2D eigenvalue weighted by atomic mass is 10.3. The molecule has 3 N–H and O–H groups in total. The third-order valence-corrected chi connectivity index (χ3v) is 5.18. The van der Waals surface area contributed by atoms with E-state index >= 15 is 0 Å². The Morgan fingerprint density at radius 1 is 1.38 bits per heavy atom. The molecule has 1 heterocycles. The highest BCUT2D eigenvalue weighted by Crippen LogP contribution is 2.32. The van der Waals surface area contributed by atoms with Crippen molar-refractivity contribution in [2.24, 2.45) is 7.05 Å². The van der Waals surface area contributed by atoms with Crippen LogP contribution in [0.15, 0.2) is 23.4 Å². The highest BCUT2D eigenvalue weighted by atomic mass is 35.5. The van der Waals surface area contributed by atoms with Crippen LogP contribution < -0.4 is 10.5 Å². The van der Waals surface area contributed by atoms with Crippen molar-refractivity contribution in [1.82, 2.24) is 19.5 Å². The molecule has 7 nitrogen and oxygen atoms in total. The first kappa shape index (κ1) is 16.0. The number of nitrogen functional groups attached to an aromatic ring is 1. The van der Waals surface area contributed by atoms with E-state index in [1.807, 2.05) is 0 Å². The minimum Gasteiger partial charge on any atom is -0.396 e. The van der Waals surface area contributed by atoms with Gasteiger partial charge in [-0.25, -0.2) is 13.1 Å². The van der Waals surface area contributed by atoms with Crippen LogP contribution in [-0.4, -0.2) is 29.7 Å². The number of aryl methyl sites for hydroxylation is 1. The van der Waals surface area contributed by atoms with Crippen molar-refractivity contribution in [2.75, 3.05) is 12.3 Å². The summed E-state index contributed by atoms with van der Waals surface area (Å²) in [5.74, 6) is 0.666. The zero-order valence-corrected chi connectivity index (χ0v) is 13.4. The molecule has 0 spiro atoms. The van der Waals surface area contributed by atoms with Crippen molar-refractivity contribution < 1.29 is 8.42 Å². The lowest BCUT2D eigenvalue weighted by Crippen LogP contribution is -2.27. The van der Waals surface area contributed by atoms with E-state index in [-0.39, 0.29) is 27.2 Å². The molecule has 21 heavy (non-hydrogen) atoms. The Bertz CT molecular complexity index is 760. The van der Waals surface area contributed by atoms with Gasteiger partial charge in [0.1, 0.15) is 17.0 Å². The molecule has 0 unspecified atom stereocenters. The summed E-state index contributed by atoms with van der Waals surface area (Å²) >= 11 is 11.7. The van der Waals surface area contributed by atoms with Crippen molar-refractivity contribution in [3.05, 3.63) is 34.3 Å². The van der Waals surface area contributed by atoms with E-state index in [0.29, 0.717) is 12.2 Å². The second kappa shape index (κ2) is 6.18. The predicted molar refractivity (Wildman–Crippen MR) is 80.8 cm³/mol. The average molecular weight is 350 g/mol. The number of nitrogens with zero attached hydrogens (tertiary/aromatic N) is 3. The predicted octanol–water partition coefficient (Wildman–Crippen LogP) is 1.23. The SMILES string of the molecule is Cn1cnnc1CCNS(=O)(=O)c1ccc(Cl)c(N)c1Cl. The zero-order valence-electron chi connectivity index (χ0n) is 11.0. The van der Waals surface area contributed by atoms with Gasteiger partial charge in [-0.15, -0.1) is 10.2 Å². The fraction of sp³-hybridized carbons (Fsp3) is 0.273. The first-order valence-corrected chi connectivity index (χ1v) is 8.13. The lowest BCUT2D eigenvalue weighted by molar-refractivity contribution is 0.580. The maximum atomic E-state index is 12.2. The van der Waals surface area contributed by atoms with Crippen LogP contribution in [0.1, 0.15) is 5.82 Å². The van der Waals surface area contributed by atoms with Gasteiger partial charge >= 0.3 is 0 Å². The smallest absolute Gasteiger partial charge is 0.242 e. The number of nitrogens with two attached hydrogens (primary N) is 1. The van der Waals surface area contributed by atoms with Crippen LogP contribution in [0.4, 0.5) is 5.69 Å². The summed E-state index contributed by atoms with van der Waals surface area (Å²) in [4.78, 5) is -0.107. The van der Waals surface area contributed by atoms with Crippen molar-refractivity contribution in [3.63, 3.8) is 0 Å². The first-order chi connectivity index (χ1) is 9.83. The molecule has 2 rings (SSSR count). The van der Waals surface area contributed by atoms with Gasteiger partial charge in [-0.3, -0.25) is 0 Å². The van der Waals surface area contributed by atoms with Crippen molar-refractivity contribution in [1.29, 1.82) is 0 Å². The van der Waals surface area contributed by atoms with E-state index in [9.17, 15) is 8.42 Å². The van der Waals surface area contributed by atoms with Crippen molar-refractivity contribution in [3.8, 4) is 0 Å². The monoisotopic (exact) mass is 349 g/mol. The number of nitrogens with one attached hydrogen (secondary N) is 1. The number of anilines is 1. The molecule has 2 aromatic rings. The second-order valence-corrected chi connectivity index (χ2v) is 6.80. The second-order valence-electron chi connectivity index (χ2n) is 4.28. The molecule has 0 aliphatic heterocycles. The van der Waals surface area contributed by atoms with E-state index in [0.717, 1.165) is 0 Å². The van der Waals surface area contributed by atoms with Gasteiger partial charge in [-0.1, -0.05) is 23.2 Å². The number of halogens is 2. The fourth-order valence-electron chi connectivity index (χ4n) is 1.67. The third-order valence-electron chi connectivity index (χ3n) is 2.83. The quantitative estimate of drug-likeness (QED) is 0.790. The molecule has 0 saturated heterocycles. The molecule has 1 aromatic carbocycles. The molecular formula is C11H13Cl2N5O2S. The minimum atomic E-state index is -3.77. The lowest BCUT2D eigenvalue weighted by Gasteiger charge is -2.10. The van der Waals surface area contributed by atoms with Crippen LogP contribution in [0.5, 0.6) is 0 Å². The van der Waals surface area contributed by atoms with Gasteiger partial charge in [0.2, 0.25) is 10.0 Å². The topological polar surface area (TPSA) is 103 Å². The molecule has 0 amide bonds. The Balaban J connectivity index is 2.12. The normalized spacial score (nSPS) is 11.8. The molecule has 0 atom stereocenters. The van der Waals surface area contributed by atoms with E-state index < -0.39 is 10.0 Å². The fourth-order valence-corrected chi connectivity index (χ4v) is 3.46. The number of aromatic nitrogens is 3. The van der Waals surface area contributed by atoms with Crippen LogP contribution in [0.3, 0.4) is 0 Å². The number of benzene rings is 1. The third kappa shape index (κ3) is 3.46. The van der Waals surface area contributed by atoms with Crippen LogP contribution in [0.25, 0.3) is 0 Å². The highest BCUT2D eigenvalue weighted by Gasteiger charge is 2.20. The largest absolute Gasteiger partial charge is 0.396 e. The van der Waals surface area contributed by atoms with Crippen LogP contribution in [-0.2, 0) is 23.5 Å². The Hall–Kier alpha value is -1.35. The highest BCUT2D eigenvalue weighted by molar-refractivity contribution is 7.89. The summed E-state index contributed by atoms with van der Waals surface area (Å²) in [6.45, 7) is 0.160. The molecule has 10 heteroatoms. The molecule has 0 aliphatic carbocycles. The summed E-state index contributed by atoms with van der Waals surface area (Å²) in [6.07, 6.45) is 1.94. The van der Waals surface area contributed by atoms with Gasteiger partial charge in [-0.05, 0) is 12.1 Å². The van der Waals surface area contributed by atoms with Gasteiger partial charge < -0.3 is 10.3 Å². The Kier molecular flexibility index (Phi) is 4.72. The van der Waals surface area contributed by atoms with Gasteiger partial charge in [-0.2, -0.15) is 0 Å². The molecule has 0 radical (unpaired) electrons. The molecule has 0 saturated carbocycles. The summed E-state index contributed by atoms with van der Waals surface area (Å²) < 4.78 is 28.5. The Morgan fingerprint density at radius 3 is 2.71 bits per heavy atom. The van der Waals surface area contributed by atoms with Gasteiger partial charge in [0, 0.05) is 20.0 Å². The zero-order chi connectivity index (χ0) is 15.6. The van der Waals surface area contributed by atoms with E-state index in [2.05, 4.69) is 14.9 Å². The van der Waals surface area contributed by atoms with Crippen LogP contribution in [0.2, 0.25) is 10.0 Å². The van der Waals surface area contributed by atoms with Crippen molar-refractivity contribution >= 4 is 38.9 Å². The maximum absolute atomic E-state index is 12.2. The Labute approximate surface area is 132 Å². The molecule has 1 aromatic heterocycles. The number of rotatable bonds is 5. The number of sulfonamides is 1. The number of hydrogen-bond acceptors (Lipinski definition) is 5. The summed E-state index contributed by atoms with van der Waals surface area (Å²) in [5.41, 5.74) is 5.66. The van der Waals surface area contributed by atoms with Gasteiger partial charge in [0.05, 0.1) is 15.7 Å². The van der Waals surface area contributed by atoms with Crippen LogP contribution in [0, 0.1) is 0 Å². The summed E-state index contributed by atoms with van der Waals surface area (Å²) in [7, 11) is -2.00. The molecule has 0 bridgehead atoms. The van der Waals surface area contributed by atoms with E-state index in [1.165, 1.54) is 12.1 Å². The van der Waals surface area contributed by atoms with Gasteiger partial charge in [0.25, 0.3) is 0 Å². The molecule has 114 valence electrons. The van der Waals surface area contributed by atoms with Gasteiger partial charge in [0.15, 0.2) is 0 Å². The van der Waals surface area contributed by atoms with E-state index in [4.69, 9.17) is 28.9 Å². The van der Waals surface area contributed by atoms with Crippen molar-refractivity contribution in [2.45, 2.75) is 11.3 Å².